The van der Waals surface area contributed by atoms with E-state index in [1.54, 1.807) is 13.2 Å². The van der Waals surface area contributed by atoms with Gasteiger partial charge in [0.1, 0.15) is 11.4 Å². The van der Waals surface area contributed by atoms with Crippen molar-refractivity contribution in [3.05, 3.63) is 47.3 Å². The van der Waals surface area contributed by atoms with Gasteiger partial charge in [-0.3, -0.25) is 4.79 Å². The van der Waals surface area contributed by atoms with E-state index in [1.807, 2.05) is 52.0 Å². The van der Waals surface area contributed by atoms with Crippen molar-refractivity contribution < 1.29 is 9.53 Å². The van der Waals surface area contributed by atoms with Crippen molar-refractivity contribution >= 4 is 11.9 Å². The van der Waals surface area contributed by atoms with Gasteiger partial charge in [-0.15, -0.1) is 0 Å². The monoisotopic (exact) mass is 328 g/mol. The van der Waals surface area contributed by atoms with Gasteiger partial charge in [0.15, 0.2) is 0 Å². The highest BCUT2D eigenvalue weighted by Gasteiger charge is 2.17. The van der Waals surface area contributed by atoms with Gasteiger partial charge in [-0.05, 0) is 39.8 Å². The Kier molecular flexibility index (Phi) is 5.39. The Balaban J connectivity index is 2.15. The van der Waals surface area contributed by atoms with Crippen LogP contribution in [0.2, 0.25) is 0 Å². The first-order valence-electron chi connectivity index (χ1n) is 7.82. The molecule has 0 bridgehead atoms. The van der Waals surface area contributed by atoms with Crippen molar-refractivity contribution in [1.82, 2.24) is 15.3 Å². The lowest BCUT2D eigenvalue weighted by Crippen LogP contribution is -2.41. The molecule has 0 radical (unpaired) electrons. The van der Waals surface area contributed by atoms with Crippen LogP contribution in [-0.4, -0.2) is 28.5 Å². The first kappa shape index (κ1) is 17.7. The number of nitrogens with one attached hydrogen (secondary N) is 2. The van der Waals surface area contributed by atoms with Crippen LogP contribution in [0.25, 0.3) is 0 Å². The summed E-state index contributed by atoms with van der Waals surface area (Å²) in [5, 5.41) is 6.06. The summed E-state index contributed by atoms with van der Waals surface area (Å²) < 4.78 is 5.33. The molecule has 0 spiro atoms. The number of hydrogen-bond donors (Lipinski definition) is 2. The molecule has 2 N–H and O–H groups in total. The average molecular weight is 328 g/mol. The molecule has 1 amide bonds. The van der Waals surface area contributed by atoms with Crippen molar-refractivity contribution in [2.24, 2.45) is 0 Å². The maximum absolute atomic E-state index is 12.3. The van der Waals surface area contributed by atoms with Crippen molar-refractivity contribution in [1.29, 1.82) is 0 Å². The summed E-state index contributed by atoms with van der Waals surface area (Å²) >= 11 is 0. The highest BCUT2D eigenvalue weighted by molar-refractivity contribution is 5.93. The minimum Gasteiger partial charge on any atom is -0.496 e. The van der Waals surface area contributed by atoms with Crippen LogP contribution in [0.4, 0.5) is 5.95 Å². The molecule has 24 heavy (non-hydrogen) atoms. The summed E-state index contributed by atoms with van der Waals surface area (Å²) in [7, 11) is 1.64. The standard InChI is InChI=1S/C18H24N4O2/c1-12-10-14(16(23)22-18(2,3)4)21-17(20-12)19-11-13-8-6-7-9-15(13)24-5/h6-10H,11H2,1-5H3,(H,22,23)(H,19,20,21). The lowest BCUT2D eigenvalue weighted by atomic mass is 10.1. The van der Waals surface area contributed by atoms with E-state index in [9.17, 15) is 4.79 Å². The molecule has 0 saturated carbocycles. The number of carbonyl (C=O) groups excluding carboxylic acids is 1. The Morgan fingerprint density at radius 1 is 1.21 bits per heavy atom. The van der Waals surface area contributed by atoms with Gasteiger partial charge >= 0.3 is 0 Å². The molecule has 0 aliphatic heterocycles. The van der Waals surface area contributed by atoms with Crippen LogP contribution < -0.4 is 15.4 Å². The van der Waals surface area contributed by atoms with E-state index in [-0.39, 0.29) is 11.4 Å². The van der Waals surface area contributed by atoms with Crippen molar-refractivity contribution in [3.63, 3.8) is 0 Å². The number of methoxy groups -OCH3 is 1. The maximum atomic E-state index is 12.3. The average Bonchev–Trinajstić information content (AvgIpc) is 2.51. The molecule has 0 atom stereocenters. The number of ether oxygens (including phenoxy) is 1. The van der Waals surface area contributed by atoms with Crippen molar-refractivity contribution in [2.75, 3.05) is 12.4 Å². The summed E-state index contributed by atoms with van der Waals surface area (Å²) in [5.41, 5.74) is 1.75. The van der Waals surface area contributed by atoms with E-state index in [0.29, 0.717) is 18.2 Å². The molecule has 1 aromatic heterocycles. The Labute approximate surface area is 142 Å². The summed E-state index contributed by atoms with van der Waals surface area (Å²) in [6.07, 6.45) is 0. The van der Waals surface area contributed by atoms with Crippen LogP contribution in [0, 0.1) is 6.92 Å². The zero-order valence-corrected chi connectivity index (χ0v) is 14.8. The van der Waals surface area contributed by atoms with Gasteiger partial charge in [-0.25, -0.2) is 9.97 Å². The molecule has 0 saturated heterocycles. The number of rotatable bonds is 5. The van der Waals surface area contributed by atoms with Crippen molar-refractivity contribution in [3.8, 4) is 5.75 Å². The largest absolute Gasteiger partial charge is 0.496 e. The normalized spacial score (nSPS) is 11.0. The Morgan fingerprint density at radius 3 is 2.58 bits per heavy atom. The van der Waals surface area contributed by atoms with Crippen LogP contribution >= 0.6 is 0 Å². The van der Waals surface area contributed by atoms with Crippen LogP contribution in [0.5, 0.6) is 5.75 Å². The lowest BCUT2D eigenvalue weighted by molar-refractivity contribution is 0.0914. The van der Waals surface area contributed by atoms with Crippen LogP contribution in [0.1, 0.15) is 42.5 Å². The molecule has 2 aromatic rings. The predicted molar refractivity (Wildman–Crippen MR) is 94.3 cm³/mol. The third-order valence-electron chi connectivity index (χ3n) is 3.20. The number of carbonyl (C=O) groups is 1. The smallest absolute Gasteiger partial charge is 0.270 e. The lowest BCUT2D eigenvalue weighted by Gasteiger charge is -2.20. The number of hydrogen-bond acceptors (Lipinski definition) is 5. The third-order valence-corrected chi connectivity index (χ3v) is 3.20. The number of amides is 1. The molecule has 128 valence electrons. The summed E-state index contributed by atoms with van der Waals surface area (Å²) in [4.78, 5) is 20.9. The second-order valence-electron chi connectivity index (χ2n) is 6.59. The van der Waals surface area contributed by atoms with E-state index in [2.05, 4.69) is 20.6 Å². The van der Waals surface area contributed by atoms with Gasteiger partial charge in [0.25, 0.3) is 5.91 Å². The topological polar surface area (TPSA) is 76.1 Å². The quantitative estimate of drug-likeness (QED) is 0.882. The van der Waals surface area contributed by atoms with E-state index < -0.39 is 0 Å². The summed E-state index contributed by atoms with van der Waals surface area (Å²) in [6.45, 7) is 8.14. The van der Waals surface area contributed by atoms with Gasteiger partial charge in [-0.2, -0.15) is 0 Å². The highest BCUT2D eigenvalue weighted by atomic mass is 16.5. The molecular formula is C18H24N4O2. The SMILES string of the molecule is COc1ccccc1CNc1nc(C)cc(C(=O)NC(C)(C)C)n1. The summed E-state index contributed by atoms with van der Waals surface area (Å²) in [5.74, 6) is 0.997. The molecule has 2 rings (SSSR count). The van der Waals surface area contributed by atoms with Gasteiger partial charge < -0.3 is 15.4 Å². The first-order valence-corrected chi connectivity index (χ1v) is 7.82. The number of para-hydroxylation sites is 1. The second-order valence-corrected chi connectivity index (χ2v) is 6.59. The fourth-order valence-electron chi connectivity index (χ4n) is 2.19. The van der Waals surface area contributed by atoms with Crippen LogP contribution in [0.3, 0.4) is 0 Å². The Bertz CT molecular complexity index is 723. The zero-order chi connectivity index (χ0) is 17.7. The van der Waals surface area contributed by atoms with Gasteiger partial charge in [0, 0.05) is 23.3 Å². The fourth-order valence-corrected chi connectivity index (χ4v) is 2.19. The molecule has 0 fully saturated rings. The summed E-state index contributed by atoms with van der Waals surface area (Å²) in [6, 6.07) is 9.40. The predicted octanol–water partition coefficient (Wildman–Crippen LogP) is 2.93. The Morgan fingerprint density at radius 2 is 1.92 bits per heavy atom. The molecule has 1 heterocycles. The zero-order valence-electron chi connectivity index (χ0n) is 14.8. The number of nitrogens with zero attached hydrogens (tertiary/aromatic N) is 2. The minimum absolute atomic E-state index is 0.214. The van der Waals surface area contributed by atoms with Gasteiger partial charge in [0.2, 0.25) is 5.95 Å². The number of benzene rings is 1. The molecular weight excluding hydrogens is 304 g/mol. The number of anilines is 1. The molecule has 1 aromatic carbocycles. The molecule has 0 aliphatic rings. The van der Waals surface area contributed by atoms with Crippen LogP contribution in [0.15, 0.2) is 30.3 Å². The van der Waals surface area contributed by atoms with E-state index in [0.717, 1.165) is 17.0 Å². The first-order chi connectivity index (χ1) is 11.3. The second kappa shape index (κ2) is 7.29. The van der Waals surface area contributed by atoms with Crippen LogP contribution in [-0.2, 0) is 6.54 Å². The third kappa shape index (κ3) is 4.94. The van der Waals surface area contributed by atoms with E-state index >= 15 is 0 Å². The molecule has 6 nitrogen and oxygen atoms in total. The molecule has 0 aliphatic carbocycles. The number of aryl methyl sites for hydroxylation is 1. The van der Waals surface area contributed by atoms with Gasteiger partial charge in [-0.1, -0.05) is 18.2 Å². The highest BCUT2D eigenvalue weighted by Crippen LogP contribution is 2.18. The van der Waals surface area contributed by atoms with E-state index in [1.165, 1.54) is 0 Å². The number of aromatic nitrogens is 2. The molecule has 6 heteroatoms. The molecule has 0 unspecified atom stereocenters. The fraction of sp³-hybridized carbons (Fsp3) is 0.389. The van der Waals surface area contributed by atoms with Gasteiger partial charge in [0.05, 0.1) is 7.11 Å². The minimum atomic E-state index is -0.319. The van der Waals surface area contributed by atoms with E-state index in [4.69, 9.17) is 4.74 Å². The maximum Gasteiger partial charge on any atom is 0.270 e. The Hall–Kier alpha value is -2.63. The van der Waals surface area contributed by atoms with Crippen molar-refractivity contribution in [2.45, 2.75) is 39.8 Å².